The van der Waals surface area contributed by atoms with Crippen LogP contribution in [0, 0.1) is 0 Å². The molecule has 0 aliphatic rings. The summed E-state index contributed by atoms with van der Waals surface area (Å²) in [7, 11) is 0. The van der Waals surface area contributed by atoms with Gasteiger partial charge in [-0.05, 0) is 135 Å². The Morgan fingerprint density at radius 1 is 0.256 bits per heavy atom. The smallest absolute Gasteiger partial charge is 0.306 e. The van der Waals surface area contributed by atoms with Gasteiger partial charge in [-0.1, -0.05) is 290 Å². The predicted octanol–water partition coefficient (Wildman–Crippen LogP) is 23.9. The van der Waals surface area contributed by atoms with Crippen molar-refractivity contribution in [1.29, 1.82) is 0 Å². The Morgan fingerprint density at radius 2 is 0.476 bits per heavy atom. The molecule has 6 nitrogen and oxygen atoms in total. The lowest BCUT2D eigenvalue weighted by atomic mass is 10.0. The number of esters is 3. The van der Waals surface area contributed by atoms with E-state index in [9.17, 15) is 14.4 Å². The van der Waals surface area contributed by atoms with Gasteiger partial charge < -0.3 is 14.2 Å². The van der Waals surface area contributed by atoms with Gasteiger partial charge in [0.05, 0.1) is 0 Å². The van der Waals surface area contributed by atoms with Crippen LogP contribution in [0.25, 0.3) is 0 Å². The molecule has 0 amide bonds. The molecule has 0 saturated heterocycles. The molecule has 0 rings (SSSR count). The van der Waals surface area contributed by atoms with Gasteiger partial charge in [0, 0.05) is 19.3 Å². The van der Waals surface area contributed by atoms with E-state index in [0.29, 0.717) is 19.3 Å². The third-order valence-electron chi connectivity index (χ3n) is 14.7. The largest absolute Gasteiger partial charge is 0.462 e. The summed E-state index contributed by atoms with van der Waals surface area (Å²) in [6.07, 6.45) is 96.4. The van der Waals surface area contributed by atoms with Crippen LogP contribution in [-0.2, 0) is 28.6 Å². The first-order valence-electron chi connectivity index (χ1n) is 34.5. The van der Waals surface area contributed by atoms with Crippen molar-refractivity contribution in [3.8, 4) is 0 Å². The average Bonchev–Trinajstić information content (AvgIpc) is 3.47. The molecular formula is C76H128O6. The maximum Gasteiger partial charge on any atom is 0.306 e. The number of allylic oxidation sites excluding steroid dienone is 20. The number of carbonyl (C=O) groups is 3. The molecule has 0 fully saturated rings. The summed E-state index contributed by atoms with van der Waals surface area (Å²) in [5.74, 6) is -0.928. The zero-order valence-corrected chi connectivity index (χ0v) is 53.7. The number of rotatable bonds is 62. The molecule has 0 aromatic carbocycles. The van der Waals surface area contributed by atoms with E-state index in [0.717, 1.165) is 122 Å². The molecular weight excluding hydrogens is 1010 g/mol. The number of unbranched alkanes of at least 4 members (excludes halogenated alkanes) is 31. The molecule has 1 unspecified atom stereocenters. The minimum Gasteiger partial charge on any atom is -0.462 e. The molecule has 0 aromatic rings. The van der Waals surface area contributed by atoms with Gasteiger partial charge in [0.1, 0.15) is 13.2 Å². The van der Waals surface area contributed by atoms with E-state index in [1.165, 1.54) is 161 Å². The van der Waals surface area contributed by atoms with Crippen LogP contribution in [0.2, 0.25) is 0 Å². The second kappa shape index (κ2) is 69.3. The van der Waals surface area contributed by atoms with Gasteiger partial charge in [-0.2, -0.15) is 0 Å². The van der Waals surface area contributed by atoms with Crippen molar-refractivity contribution in [3.05, 3.63) is 122 Å². The lowest BCUT2D eigenvalue weighted by molar-refractivity contribution is -0.167. The van der Waals surface area contributed by atoms with Crippen LogP contribution < -0.4 is 0 Å². The quantitative estimate of drug-likeness (QED) is 0.0261. The highest BCUT2D eigenvalue weighted by Gasteiger charge is 2.19. The zero-order chi connectivity index (χ0) is 59.2. The van der Waals surface area contributed by atoms with Crippen LogP contribution in [0.15, 0.2) is 122 Å². The van der Waals surface area contributed by atoms with Crippen molar-refractivity contribution >= 4 is 17.9 Å². The molecule has 6 heteroatoms. The molecule has 0 aliphatic heterocycles. The summed E-state index contributed by atoms with van der Waals surface area (Å²) >= 11 is 0. The second-order valence-electron chi connectivity index (χ2n) is 22.7. The van der Waals surface area contributed by atoms with Crippen molar-refractivity contribution in [3.63, 3.8) is 0 Å². The van der Waals surface area contributed by atoms with Crippen LogP contribution in [0.5, 0.6) is 0 Å². The summed E-state index contributed by atoms with van der Waals surface area (Å²) in [6, 6.07) is 0. The molecule has 0 bridgehead atoms. The highest BCUT2D eigenvalue weighted by Crippen LogP contribution is 2.16. The van der Waals surface area contributed by atoms with Gasteiger partial charge in [-0.3, -0.25) is 14.4 Å². The van der Waals surface area contributed by atoms with Gasteiger partial charge in [0.25, 0.3) is 0 Å². The highest BCUT2D eigenvalue weighted by atomic mass is 16.6. The molecule has 82 heavy (non-hydrogen) atoms. The Morgan fingerprint density at radius 3 is 0.768 bits per heavy atom. The van der Waals surface area contributed by atoms with Gasteiger partial charge in [-0.25, -0.2) is 0 Å². The summed E-state index contributed by atoms with van der Waals surface area (Å²) in [6.45, 7) is 6.50. The molecule has 0 aromatic heterocycles. The molecule has 1 atom stereocenters. The SMILES string of the molecule is CC/C=C\C/C=C\C/C=C\C/C=C\C/C=C\C/C=C\C/C=C\CCCCCC(=O)OCC(COC(=O)CCCCCCC/C=C\CCCCCCC)OC(=O)CCCCCCCCCCCCCCC/C=C\C/C=C\CCCCCCC. The number of hydrogen-bond acceptors (Lipinski definition) is 6. The number of carbonyl (C=O) groups excluding carboxylic acids is 3. The monoisotopic (exact) mass is 1140 g/mol. The normalized spacial score (nSPS) is 12.9. The van der Waals surface area contributed by atoms with Crippen molar-refractivity contribution in [2.24, 2.45) is 0 Å². The summed E-state index contributed by atoms with van der Waals surface area (Å²) < 4.78 is 16.9. The average molecular weight is 1140 g/mol. The van der Waals surface area contributed by atoms with E-state index in [2.05, 4.69) is 142 Å². The third kappa shape index (κ3) is 66.6. The highest BCUT2D eigenvalue weighted by molar-refractivity contribution is 5.71. The van der Waals surface area contributed by atoms with Crippen LogP contribution in [0.3, 0.4) is 0 Å². The van der Waals surface area contributed by atoms with Crippen molar-refractivity contribution in [2.75, 3.05) is 13.2 Å². The van der Waals surface area contributed by atoms with Crippen molar-refractivity contribution in [2.45, 2.75) is 329 Å². The maximum absolute atomic E-state index is 13.0. The van der Waals surface area contributed by atoms with Crippen LogP contribution in [0.4, 0.5) is 0 Å². The Bertz CT molecular complexity index is 1690. The van der Waals surface area contributed by atoms with Crippen LogP contribution in [-0.4, -0.2) is 37.2 Å². The van der Waals surface area contributed by atoms with Crippen LogP contribution in [0.1, 0.15) is 323 Å². The molecule has 0 radical (unpaired) electrons. The summed E-state index contributed by atoms with van der Waals surface area (Å²) in [5, 5.41) is 0. The summed E-state index contributed by atoms with van der Waals surface area (Å²) in [4.78, 5) is 38.4. The fraction of sp³-hybridized carbons (Fsp3) is 0.697. The minimum absolute atomic E-state index is 0.0943. The maximum atomic E-state index is 13.0. The van der Waals surface area contributed by atoms with Crippen molar-refractivity contribution in [1.82, 2.24) is 0 Å². The standard InChI is InChI=1S/C76H128O6/c1-4-7-10-13-16-19-22-25-28-30-32-34-36-38-40-42-44-46-48-51-54-57-60-63-66-69-75(78)81-72-73(71-80-74(77)68-65-62-59-56-53-50-27-24-21-18-15-12-9-6-3)82-76(79)70-67-64-61-58-55-52-49-47-45-43-41-39-37-35-33-31-29-26-23-20-17-14-11-8-5-2/h7,10,16,19,23-28,31-34,38,40,44,46,51,54,73H,4-6,8-9,11-15,17-18,20-22,29-30,35-37,39,41-43,45,47-50,52-53,55-72H2,1-3H3/b10-7-,19-16-,26-23-,27-24-,28-25-,33-31-,34-32-,40-38-,46-44-,54-51-. The van der Waals surface area contributed by atoms with Crippen LogP contribution >= 0.6 is 0 Å². The van der Waals surface area contributed by atoms with E-state index in [4.69, 9.17) is 14.2 Å². The molecule has 0 aliphatic carbocycles. The third-order valence-corrected chi connectivity index (χ3v) is 14.7. The minimum atomic E-state index is -0.801. The van der Waals surface area contributed by atoms with Gasteiger partial charge >= 0.3 is 17.9 Å². The molecule has 0 spiro atoms. The van der Waals surface area contributed by atoms with E-state index in [1.54, 1.807) is 0 Å². The lowest BCUT2D eigenvalue weighted by Gasteiger charge is -2.18. The Labute approximate surface area is 507 Å². The molecule has 468 valence electrons. The topological polar surface area (TPSA) is 78.9 Å². The van der Waals surface area contributed by atoms with E-state index in [-0.39, 0.29) is 31.1 Å². The Kier molecular flexibility index (Phi) is 65.8. The first kappa shape index (κ1) is 77.8. The first-order chi connectivity index (χ1) is 40.5. The Balaban J connectivity index is 4.40. The van der Waals surface area contributed by atoms with Crippen molar-refractivity contribution < 1.29 is 28.6 Å². The first-order valence-corrected chi connectivity index (χ1v) is 34.5. The fourth-order valence-electron chi connectivity index (χ4n) is 9.51. The fourth-order valence-corrected chi connectivity index (χ4v) is 9.51. The van der Waals surface area contributed by atoms with E-state index >= 15 is 0 Å². The zero-order valence-electron chi connectivity index (χ0n) is 53.7. The Hall–Kier alpha value is -4.19. The second-order valence-corrected chi connectivity index (χ2v) is 22.7. The van der Waals surface area contributed by atoms with E-state index < -0.39 is 6.10 Å². The number of ether oxygens (including phenoxy) is 3. The summed E-state index contributed by atoms with van der Waals surface area (Å²) in [5.41, 5.74) is 0. The lowest BCUT2D eigenvalue weighted by Crippen LogP contribution is -2.30. The molecule has 0 heterocycles. The van der Waals surface area contributed by atoms with E-state index in [1.807, 2.05) is 0 Å². The molecule has 0 N–H and O–H groups in total. The predicted molar refractivity (Wildman–Crippen MR) is 357 cm³/mol. The number of hydrogen-bond donors (Lipinski definition) is 0. The van der Waals surface area contributed by atoms with Gasteiger partial charge in [0.2, 0.25) is 0 Å². The molecule has 0 saturated carbocycles. The van der Waals surface area contributed by atoms with Gasteiger partial charge in [-0.15, -0.1) is 0 Å². The van der Waals surface area contributed by atoms with Gasteiger partial charge in [0.15, 0.2) is 6.10 Å².